The quantitative estimate of drug-likeness (QED) is 0.594. The van der Waals surface area contributed by atoms with E-state index in [0.717, 1.165) is 0 Å². The molecule has 0 radical (unpaired) electrons. The number of nitrogens with zero attached hydrogens (tertiary/aromatic N) is 3. The predicted molar refractivity (Wildman–Crippen MR) is 98.3 cm³/mol. The summed E-state index contributed by atoms with van der Waals surface area (Å²) in [4.78, 5) is 14.1. The van der Waals surface area contributed by atoms with Gasteiger partial charge in [-0.05, 0) is 18.1 Å². The first-order valence-electron chi connectivity index (χ1n) is 8.54. The molecule has 0 atom stereocenters. The smallest absolute Gasteiger partial charge is 0.263 e. The number of hydrogen-bond acceptors (Lipinski definition) is 5. The summed E-state index contributed by atoms with van der Waals surface area (Å²) >= 11 is 0. The fourth-order valence-corrected chi connectivity index (χ4v) is 3.97. The van der Waals surface area contributed by atoms with Gasteiger partial charge in [-0.3, -0.25) is 4.79 Å². The van der Waals surface area contributed by atoms with Gasteiger partial charge in [0.05, 0.1) is 4.90 Å². The largest absolute Gasteiger partial charge is 0.373 e. The normalized spacial score (nSPS) is 16.4. The average Bonchev–Trinajstić information content (AvgIpc) is 2.65. The molecule has 1 aromatic rings. The van der Waals surface area contributed by atoms with Crippen LogP contribution in [0.25, 0.3) is 0 Å². The second-order valence-electron chi connectivity index (χ2n) is 6.51. The van der Waals surface area contributed by atoms with Crippen molar-refractivity contribution in [2.75, 3.05) is 32.7 Å². The van der Waals surface area contributed by atoms with Gasteiger partial charge in [0.15, 0.2) is 0 Å². The number of sulfonamides is 1. The lowest BCUT2D eigenvalue weighted by molar-refractivity contribution is -0.117. The van der Waals surface area contributed by atoms with Crippen LogP contribution in [0.3, 0.4) is 0 Å². The van der Waals surface area contributed by atoms with Gasteiger partial charge in [-0.2, -0.15) is 9.57 Å². The molecule has 1 aliphatic heterocycles. The molecule has 0 aliphatic carbocycles. The molecule has 0 saturated carbocycles. The molecular weight excluding hydrogens is 352 g/mol. The number of piperazine rings is 1. The first-order valence-corrected chi connectivity index (χ1v) is 9.98. The van der Waals surface area contributed by atoms with Crippen molar-refractivity contribution < 1.29 is 13.2 Å². The third-order valence-corrected chi connectivity index (χ3v) is 5.91. The number of benzene rings is 1. The molecule has 7 nitrogen and oxygen atoms in total. The van der Waals surface area contributed by atoms with Crippen molar-refractivity contribution >= 4 is 15.9 Å². The fourth-order valence-electron chi connectivity index (χ4n) is 2.53. The minimum absolute atomic E-state index is 0.0324. The van der Waals surface area contributed by atoms with E-state index in [0.29, 0.717) is 38.6 Å². The summed E-state index contributed by atoms with van der Waals surface area (Å²) in [6.45, 7) is 5.91. The molecule has 0 aromatic heterocycles. The maximum absolute atomic E-state index is 12.6. The van der Waals surface area contributed by atoms with Crippen molar-refractivity contribution in [2.45, 2.75) is 18.7 Å². The Bertz CT molecular complexity index is 789. The molecule has 140 valence electrons. The van der Waals surface area contributed by atoms with Crippen LogP contribution in [-0.2, 0) is 14.8 Å². The Hall–Kier alpha value is -2.37. The minimum atomic E-state index is -3.51. The van der Waals surface area contributed by atoms with Crippen molar-refractivity contribution in [3.8, 4) is 6.07 Å². The second kappa shape index (κ2) is 8.83. The van der Waals surface area contributed by atoms with Gasteiger partial charge in [-0.15, -0.1) is 0 Å². The van der Waals surface area contributed by atoms with Crippen LogP contribution in [0, 0.1) is 17.2 Å². The van der Waals surface area contributed by atoms with Crippen molar-refractivity contribution in [3.63, 3.8) is 0 Å². The highest BCUT2D eigenvalue weighted by Gasteiger charge is 2.27. The Morgan fingerprint density at radius 3 is 2.38 bits per heavy atom. The zero-order valence-electron chi connectivity index (χ0n) is 15.1. The molecule has 1 saturated heterocycles. The Labute approximate surface area is 154 Å². The number of carbonyl (C=O) groups excluding carboxylic acids is 1. The topological polar surface area (TPSA) is 93.5 Å². The van der Waals surface area contributed by atoms with Crippen molar-refractivity contribution in [3.05, 3.63) is 42.1 Å². The van der Waals surface area contributed by atoms with Crippen LogP contribution in [-0.4, -0.2) is 56.3 Å². The van der Waals surface area contributed by atoms with E-state index < -0.39 is 15.9 Å². The molecule has 8 heteroatoms. The van der Waals surface area contributed by atoms with E-state index in [2.05, 4.69) is 5.32 Å². The van der Waals surface area contributed by atoms with Crippen LogP contribution in [0.5, 0.6) is 0 Å². The molecule has 1 fully saturated rings. The van der Waals surface area contributed by atoms with Crippen LogP contribution in [0.2, 0.25) is 0 Å². The summed E-state index contributed by atoms with van der Waals surface area (Å²) in [5, 5.41) is 11.9. The van der Waals surface area contributed by atoms with E-state index in [1.165, 1.54) is 10.5 Å². The highest BCUT2D eigenvalue weighted by molar-refractivity contribution is 7.89. The van der Waals surface area contributed by atoms with E-state index in [1.807, 2.05) is 24.8 Å². The molecule has 0 spiro atoms. The molecule has 1 aliphatic rings. The van der Waals surface area contributed by atoms with Crippen LogP contribution >= 0.6 is 0 Å². The molecule has 0 bridgehead atoms. The summed E-state index contributed by atoms with van der Waals surface area (Å²) in [7, 11) is -3.51. The van der Waals surface area contributed by atoms with Gasteiger partial charge in [-0.1, -0.05) is 32.0 Å². The zero-order chi connectivity index (χ0) is 19.2. The molecule has 0 unspecified atom stereocenters. The van der Waals surface area contributed by atoms with Crippen LogP contribution in [0.1, 0.15) is 13.8 Å². The SMILES string of the molecule is CC(C)CNC(=O)/C(C#N)=C\N1CCN(S(=O)(=O)c2ccccc2)CC1. The van der Waals surface area contributed by atoms with Gasteiger partial charge < -0.3 is 10.2 Å². The van der Waals surface area contributed by atoms with Gasteiger partial charge in [0, 0.05) is 38.9 Å². The second-order valence-corrected chi connectivity index (χ2v) is 8.45. The fraction of sp³-hybridized carbons (Fsp3) is 0.444. The summed E-state index contributed by atoms with van der Waals surface area (Å²) in [5.41, 5.74) is 0.0324. The van der Waals surface area contributed by atoms with E-state index in [1.54, 1.807) is 30.3 Å². The summed E-state index contributed by atoms with van der Waals surface area (Å²) in [5.74, 6) is -0.105. The van der Waals surface area contributed by atoms with Crippen molar-refractivity contribution in [1.82, 2.24) is 14.5 Å². The molecule has 1 heterocycles. The maximum atomic E-state index is 12.6. The average molecular weight is 376 g/mol. The van der Waals surface area contributed by atoms with Gasteiger partial charge in [-0.25, -0.2) is 8.42 Å². The van der Waals surface area contributed by atoms with Gasteiger partial charge in [0.2, 0.25) is 10.0 Å². The van der Waals surface area contributed by atoms with E-state index in [-0.39, 0.29) is 10.5 Å². The number of hydrogen-bond donors (Lipinski definition) is 1. The van der Waals surface area contributed by atoms with Gasteiger partial charge >= 0.3 is 0 Å². The lowest BCUT2D eigenvalue weighted by Crippen LogP contribution is -2.47. The van der Waals surface area contributed by atoms with Crippen LogP contribution in [0.4, 0.5) is 0 Å². The highest BCUT2D eigenvalue weighted by atomic mass is 32.2. The number of carbonyl (C=O) groups is 1. The number of nitriles is 1. The van der Waals surface area contributed by atoms with E-state index in [9.17, 15) is 18.5 Å². The Balaban J connectivity index is 1.99. The van der Waals surface area contributed by atoms with Gasteiger partial charge in [0.1, 0.15) is 11.6 Å². The van der Waals surface area contributed by atoms with Crippen molar-refractivity contribution in [2.24, 2.45) is 5.92 Å². The first kappa shape index (κ1) is 19.9. The molecular formula is C18H24N4O3S. The standard InChI is InChI=1S/C18H24N4O3S/c1-15(2)13-20-18(23)16(12-19)14-21-8-10-22(11-9-21)26(24,25)17-6-4-3-5-7-17/h3-7,14-15H,8-11,13H2,1-2H3,(H,20,23)/b16-14-. The molecule has 2 rings (SSSR count). The van der Waals surface area contributed by atoms with E-state index >= 15 is 0 Å². The Morgan fingerprint density at radius 2 is 1.85 bits per heavy atom. The Kier molecular flexibility index (Phi) is 6.77. The molecule has 1 N–H and O–H groups in total. The zero-order valence-corrected chi connectivity index (χ0v) is 15.9. The van der Waals surface area contributed by atoms with Crippen LogP contribution < -0.4 is 5.32 Å². The lowest BCUT2D eigenvalue weighted by Gasteiger charge is -2.33. The van der Waals surface area contributed by atoms with E-state index in [4.69, 9.17) is 0 Å². The predicted octanol–water partition coefficient (Wildman–Crippen LogP) is 1.17. The number of amides is 1. The number of nitrogens with one attached hydrogen (secondary N) is 1. The summed E-state index contributed by atoms with van der Waals surface area (Å²) in [6, 6.07) is 10.2. The highest BCUT2D eigenvalue weighted by Crippen LogP contribution is 2.17. The van der Waals surface area contributed by atoms with Crippen LogP contribution in [0.15, 0.2) is 47.0 Å². The molecule has 1 aromatic carbocycles. The first-order chi connectivity index (χ1) is 12.3. The summed E-state index contributed by atoms with van der Waals surface area (Å²) in [6.07, 6.45) is 1.52. The Morgan fingerprint density at radius 1 is 1.23 bits per heavy atom. The molecule has 1 amide bonds. The third-order valence-electron chi connectivity index (χ3n) is 4.00. The van der Waals surface area contributed by atoms with Crippen molar-refractivity contribution in [1.29, 1.82) is 5.26 Å². The van der Waals surface area contributed by atoms with Gasteiger partial charge in [0.25, 0.3) is 5.91 Å². The number of rotatable bonds is 6. The monoisotopic (exact) mass is 376 g/mol. The third kappa shape index (κ3) is 5.07. The summed E-state index contributed by atoms with van der Waals surface area (Å²) < 4.78 is 26.6. The molecule has 26 heavy (non-hydrogen) atoms. The lowest BCUT2D eigenvalue weighted by atomic mass is 10.2. The maximum Gasteiger partial charge on any atom is 0.263 e. The minimum Gasteiger partial charge on any atom is -0.373 e.